The van der Waals surface area contributed by atoms with Gasteiger partial charge in [0.05, 0.1) is 5.52 Å². The summed E-state index contributed by atoms with van der Waals surface area (Å²) < 4.78 is 0. The number of fused-ring (bicyclic) bond motifs is 3. The van der Waals surface area contributed by atoms with Crippen molar-refractivity contribution in [2.75, 3.05) is 0 Å². The summed E-state index contributed by atoms with van der Waals surface area (Å²) in [5, 5.41) is 6.53. The van der Waals surface area contributed by atoms with Crippen LogP contribution >= 0.6 is 0 Å². The van der Waals surface area contributed by atoms with E-state index in [1.165, 1.54) is 72.5 Å². The van der Waals surface area contributed by atoms with Crippen LogP contribution in [0.15, 0.2) is 103 Å². The molecule has 176 valence electrons. The summed E-state index contributed by atoms with van der Waals surface area (Å²) in [6, 6.07) is 34.5. The van der Waals surface area contributed by atoms with E-state index in [1.54, 1.807) is 0 Å². The van der Waals surface area contributed by atoms with E-state index < -0.39 is 0 Å². The van der Waals surface area contributed by atoms with Gasteiger partial charge in [0, 0.05) is 11.6 Å². The Morgan fingerprint density at radius 3 is 2.17 bits per heavy atom. The van der Waals surface area contributed by atoms with Crippen LogP contribution in [0.4, 0.5) is 0 Å². The van der Waals surface area contributed by atoms with Crippen LogP contribution in [0.3, 0.4) is 0 Å². The van der Waals surface area contributed by atoms with Crippen molar-refractivity contribution in [2.45, 2.75) is 20.3 Å². The van der Waals surface area contributed by atoms with Crippen LogP contribution in [0.25, 0.3) is 43.6 Å². The standard InChI is InChI=1S/C20H16N.C10H9.2CH3.Si.Zr/c1-2-14-12-16-7-4-9-17(19(16)13-14)18-10-3-6-15-8-5-11-21-20(15)18;1-8-6-9-4-2-3-5-10(9)7-8;;;;/h3-13H,2H2,1H3;2-7H,1H3;2*1H3;;/q4*-1;;. The second kappa shape index (κ2) is 13.5. The third kappa shape index (κ3) is 6.34. The Kier molecular flexibility index (Phi) is 11.0. The molecule has 0 aliphatic rings. The molecule has 0 N–H and O–H groups in total. The van der Waals surface area contributed by atoms with Crippen molar-refractivity contribution in [1.29, 1.82) is 0 Å². The summed E-state index contributed by atoms with van der Waals surface area (Å²) in [6.45, 7) is 7.39. The summed E-state index contributed by atoms with van der Waals surface area (Å²) in [5.74, 6) is 0. The molecule has 0 unspecified atom stereocenters. The minimum absolute atomic E-state index is 0. The van der Waals surface area contributed by atoms with Crippen molar-refractivity contribution in [3.05, 3.63) is 129 Å². The molecule has 0 fully saturated rings. The van der Waals surface area contributed by atoms with Gasteiger partial charge < -0.3 is 14.9 Å². The van der Waals surface area contributed by atoms with Crippen LogP contribution in [-0.2, 0) is 29.8 Å². The molecular formula is C32H31NSiZr-4. The Hall–Kier alpha value is -2.61. The Bertz CT molecular complexity index is 1470. The van der Waals surface area contributed by atoms with Gasteiger partial charge in [-0.05, 0) is 18.1 Å². The first-order valence-electron chi connectivity index (χ1n) is 11.1. The van der Waals surface area contributed by atoms with E-state index in [-0.39, 0.29) is 14.9 Å². The first-order valence-corrected chi connectivity index (χ1v) is 15.3. The molecule has 5 aromatic carbocycles. The molecular weight excluding hydrogens is 518 g/mol. The molecule has 0 aliphatic carbocycles. The molecule has 2 radical (unpaired) electrons. The fourth-order valence-corrected chi connectivity index (χ4v) is 4.36. The van der Waals surface area contributed by atoms with E-state index in [0.717, 1.165) is 11.9 Å². The van der Waals surface area contributed by atoms with Gasteiger partial charge in [0.25, 0.3) is 0 Å². The van der Waals surface area contributed by atoms with Gasteiger partial charge in [0.2, 0.25) is 0 Å². The Morgan fingerprint density at radius 1 is 0.743 bits per heavy atom. The molecule has 0 atom stereocenters. The molecule has 0 bridgehead atoms. The summed E-state index contributed by atoms with van der Waals surface area (Å²) in [5.41, 5.74) is 6.31. The number of hydrogen-bond acceptors (Lipinski definition) is 1. The number of nitrogens with zero attached hydrogens (tertiary/aromatic N) is 1. The molecule has 0 aliphatic heterocycles. The van der Waals surface area contributed by atoms with Gasteiger partial charge in [0.15, 0.2) is 0 Å². The summed E-state index contributed by atoms with van der Waals surface area (Å²) in [4.78, 5) is 4.59. The quantitative estimate of drug-likeness (QED) is 0.156. The van der Waals surface area contributed by atoms with Gasteiger partial charge >= 0.3 is 30.2 Å². The van der Waals surface area contributed by atoms with Gasteiger partial charge in [-0.3, -0.25) is 4.98 Å². The van der Waals surface area contributed by atoms with Crippen LogP contribution in [0.5, 0.6) is 0 Å². The van der Waals surface area contributed by atoms with Crippen LogP contribution in [0.2, 0.25) is 0 Å². The average molecular weight is 549 g/mol. The number of pyridine rings is 1. The first kappa shape index (κ1) is 28.6. The van der Waals surface area contributed by atoms with Crippen LogP contribution < -0.4 is 0 Å². The molecule has 0 saturated heterocycles. The number of para-hydroxylation sites is 1. The van der Waals surface area contributed by atoms with Crippen molar-refractivity contribution in [1.82, 2.24) is 4.98 Å². The molecule has 3 heteroatoms. The SMILES string of the molecule is CCc1cc2c(-c3cccc4cccnc34)cccc2[cH-]1.Cc1cc2ccccc2[cH-]1.[CH3-].[CH3-].[Si]=[Zr]. The third-order valence-corrected chi connectivity index (χ3v) is 5.90. The average Bonchev–Trinajstić information content (AvgIpc) is 3.47. The molecule has 0 saturated carbocycles. The number of aryl methyl sites for hydroxylation is 2. The van der Waals surface area contributed by atoms with E-state index in [1.807, 2.05) is 12.3 Å². The number of rotatable bonds is 2. The maximum absolute atomic E-state index is 4.59. The predicted octanol–water partition coefficient (Wildman–Crippen LogP) is 8.72. The van der Waals surface area contributed by atoms with Gasteiger partial charge in [-0.1, -0.05) is 55.8 Å². The zero-order valence-electron chi connectivity index (χ0n) is 21.0. The Balaban J connectivity index is 0.000000262. The van der Waals surface area contributed by atoms with Crippen LogP contribution in [0, 0.1) is 21.8 Å². The van der Waals surface area contributed by atoms with Gasteiger partial charge in [-0.25, -0.2) is 0 Å². The fourth-order valence-electron chi connectivity index (χ4n) is 4.36. The summed E-state index contributed by atoms with van der Waals surface area (Å²) in [6.07, 6.45) is 2.94. The zero-order chi connectivity index (χ0) is 23.2. The number of aromatic nitrogens is 1. The Labute approximate surface area is 227 Å². The normalized spacial score (nSPS) is 9.86. The third-order valence-electron chi connectivity index (χ3n) is 5.90. The van der Waals surface area contributed by atoms with E-state index >= 15 is 0 Å². The molecule has 0 spiro atoms. The van der Waals surface area contributed by atoms with E-state index in [0.29, 0.717) is 0 Å². The topological polar surface area (TPSA) is 12.9 Å². The molecule has 1 heterocycles. The maximum atomic E-state index is 4.59. The van der Waals surface area contributed by atoms with Crippen molar-refractivity contribution in [3.63, 3.8) is 0 Å². The summed E-state index contributed by atoms with van der Waals surface area (Å²) in [7, 11) is 0. The van der Waals surface area contributed by atoms with Crippen molar-refractivity contribution < 1.29 is 23.3 Å². The molecule has 1 nitrogen and oxygen atoms in total. The van der Waals surface area contributed by atoms with E-state index in [2.05, 4.69) is 117 Å². The van der Waals surface area contributed by atoms with Crippen molar-refractivity contribution in [2.24, 2.45) is 0 Å². The van der Waals surface area contributed by atoms with E-state index in [4.69, 9.17) is 0 Å². The van der Waals surface area contributed by atoms with Crippen molar-refractivity contribution in [3.8, 4) is 11.1 Å². The molecule has 6 aromatic rings. The van der Waals surface area contributed by atoms with Crippen LogP contribution in [-0.4, -0.2) is 11.9 Å². The predicted molar refractivity (Wildman–Crippen MR) is 153 cm³/mol. The van der Waals surface area contributed by atoms with Crippen molar-refractivity contribution >= 4 is 39.3 Å². The molecule has 0 amide bonds. The summed E-state index contributed by atoms with van der Waals surface area (Å²) >= 11 is 1.36. The fraction of sp³-hybridized carbons (Fsp3) is 0.0938. The first-order chi connectivity index (χ1) is 16.2. The molecule has 6 rings (SSSR count). The van der Waals surface area contributed by atoms with Gasteiger partial charge in [-0.15, -0.1) is 75.1 Å². The number of hydrogen-bond donors (Lipinski definition) is 0. The van der Waals surface area contributed by atoms with Crippen LogP contribution in [0.1, 0.15) is 18.1 Å². The zero-order valence-corrected chi connectivity index (χ0v) is 24.4. The second-order valence-electron chi connectivity index (χ2n) is 8.07. The second-order valence-corrected chi connectivity index (χ2v) is 8.07. The molecule has 35 heavy (non-hydrogen) atoms. The number of benzene rings is 3. The van der Waals surface area contributed by atoms with Gasteiger partial charge in [0.1, 0.15) is 0 Å². The van der Waals surface area contributed by atoms with E-state index in [9.17, 15) is 0 Å². The Morgan fingerprint density at radius 2 is 1.40 bits per heavy atom. The minimum atomic E-state index is 0. The van der Waals surface area contributed by atoms with Gasteiger partial charge in [-0.2, -0.15) is 12.1 Å². The molecule has 1 aromatic heterocycles. The monoisotopic (exact) mass is 547 g/mol.